The van der Waals surface area contributed by atoms with Crippen LogP contribution in [-0.2, 0) is 9.45 Å². The molecule has 1 amide bonds. The first-order valence-electron chi connectivity index (χ1n) is 12.3. The molecule has 2 fully saturated rings. The van der Waals surface area contributed by atoms with Crippen LogP contribution in [0.4, 0.5) is 0 Å². The average molecular weight is 574 g/mol. The van der Waals surface area contributed by atoms with Gasteiger partial charge in [-0.1, -0.05) is 49.2 Å². The number of benzene rings is 1. The molecule has 2 unspecified atom stereocenters. The van der Waals surface area contributed by atoms with Crippen molar-refractivity contribution in [2.75, 3.05) is 7.05 Å². The van der Waals surface area contributed by atoms with Crippen molar-refractivity contribution in [1.29, 1.82) is 0 Å². The number of hydrogen-bond donors (Lipinski definition) is 0. The van der Waals surface area contributed by atoms with Crippen molar-refractivity contribution in [2.24, 2.45) is 17.8 Å². The number of rotatable bonds is 5. The number of aromatic nitrogens is 2. The van der Waals surface area contributed by atoms with Crippen LogP contribution in [0.3, 0.4) is 0 Å². The standard InChI is InChI=1S/C27H32BN3O2.Cs/c1-15(2)27(3,4)33-28-17-11-12-20-21(13-17)31-22-14-23(25(31)29-20)30(5)26(32)19-8-6-7-18(24(19)22)16-9-10-16;/h6-8,11-13,16,18,22-24H,9-10,14H2,1-5H3;/q-1;+1/t18?,22-,23-,24?;/m1./s1. The molecule has 4 atom stereocenters. The molecule has 1 saturated heterocycles. The van der Waals surface area contributed by atoms with E-state index < -0.39 is 0 Å². The number of nitrogens with zero attached hydrogens (tertiary/aromatic N) is 3. The molecule has 6 rings (SSSR count). The van der Waals surface area contributed by atoms with Gasteiger partial charge in [0.2, 0.25) is 0 Å². The molecule has 1 radical (unpaired) electrons. The zero-order valence-corrected chi connectivity index (χ0v) is 27.5. The average Bonchev–Trinajstić information content (AvgIpc) is 3.50. The van der Waals surface area contributed by atoms with Crippen LogP contribution in [0.15, 0.2) is 42.0 Å². The van der Waals surface area contributed by atoms with Gasteiger partial charge in [-0.25, -0.2) is 4.98 Å². The van der Waals surface area contributed by atoms with E-state index in [-0.39, 0.29) is 98.4 Å². The van der Waals surface area contributed by atoms with E-state index in [1.165, 1.54) is 18.8 Å². The molecule has 2 aliphatic carbocycles. The third-order valence-electron chi connectivity index (χ3n) is 8.53. The number of allylic oxidation sites excluding steroid dienone is 3. The molecule has 34 heavy (non-hydrogen) atoms. The largest absolute Gasteiger partial charge is 1.00 e. The first kappa shape index (κ1) is 25.4. The van der Waals surface area contributed by atoms with Gasteiger partial charge in [-0.15, -0.1) is 0 Å². The second-order valence-corrected chi connectivity index (χ2v) is 11.0. The molecule has 3 heterocycles. The first-order valence-corrected chi connectivity index (χ1v) is 12.3. The van der Waals surface area contributed by atoms with Gasteiger partial charge < -0.3 is 14.1 Å². The van der Waals surface area contributed by atoms with Gasteiger partial charge in [0, 0.05) is 24.6 Å². The van der Waals surface area contributed by atoms with Gasteiger partial charge in [0.05, 0.1) is 17.1 Å². The van der Waals surface area contributed by atoms with E-state index in [0.717, 1.165) is 34.3 Å². The summed E-state index contributed by atoms with van der Waals surface area (Å²) in [6.07, 6.45) is 10.0. The Bertz CT molecular complexity index is 1200. The Labute approximate surface area is 262 Å². The molecule has 7 heteroatoms. The van der Waals surface area contributed by atoms with Crippen molar-refractivity contribution in [3.63, 3.8) is 0 Å². The zero-order chi connectivity index (χ0) is 23.1. The summed E-state index contributed by atoms with van der Waals surface area (Å²) in [5.41, 5.74) is 3.87. The third kappa shape index (κ3) is 4.07. The smallest absolute Gasteiger partial charge is 0.460 e. The number of amides is 1. The van der Waals surface area contributed by atoms with Crippen molar-refractivity contribution in [2.45, 2.75) is 64.6 Å². The van der Waals surface area contributed by atoms with Crippen molar-refractivity contribution >= 4 is 29.9 Å². The van der Waals surface area contributed by atoms with E-state index in [1.807, 2.05) is 19.4 Å². The summed E-state index contributed by atoms with van der Waals surface area (Å²) in [5, 5.41) is 0. The van der Waals surface area contributed by atoms with Crippen LogP contribution in [0.1, 0.15) is 64.9 Å². The van der Waals surface area contributed by atoms with Crippen LogP contribution < -0.4 is 74.4 Å². The number of likely N-dealkylation sites (N-methyl/N-ethyl adjacent to an activating group) is 1. The summed E-state index contributed by atoms with van der Waals surface area (Å²) in [5.74, 6) is 3.81. The van der Waals surface area contributed by atoms with Crippen LogP contribution in [-0.4, -0.2) is 40.5 Å². The summed E-state index contributed by atoms with van der Waals surface area (Å²) in [7, 11) is 3.82. The first-order chi connectivity index (χ1) is 15.8. The SMILES string of the molecule is C[C-](C)C(C)(C)O[B]c1ccc2nc3n(c2c1)[C@@H]1C[C@H]3N(C)C(=O)C2=CC=CC(C3CC3)C21.[Cs+]. The molecular weight excluding hydrogens is 542 g/mol. The van der Waals surface area contributed by atoms with Gasteiger partial charge in [0.25, 0.3) is 5.91 Å². The monoisotopic (exact) mass is 574 g/mol. The second kappa shape index (κ2) is 9.23. The van der Waals surface area contributed by atoms with E-state index >= 15 is 0 Å². The van der Waals surface area contributed by atoms with Crippen LogP contribution in [0.25, 0.3) is 11.0 Å². The van der Waals surface area contributed by atoms with Gasteiger partial charge in [-0.2, -0.15) is 13.8 Å². The normalized spacial score (nSPS) is 27.9. The van der Waals surface area contributed by atoms with E-state index in [0.29, 0.717) is 11.8 Å². The van der Waals surface area contributed by atoms with Crippen molar-refractivity contribution < 1.29 is 78.3 Å². The fourth-order valence-corrected chi connectivity index (χ4v) is 5.88. The summed E-state index contributed by atoms with van der Waals surface area (Å²) >= 11 is 0. The Hall–Kier alpha value is -0.283. The Morgan fingerprint density at radius 3 is 2.71 bits per heavy atom. The molecule has 171 valence electrons. The molecule has 0 spiro atoms. The Kier molecular flexibility index (Phi) is 6.89. The molecule has 1 aromatic carbocycles. The third-order valence-corrected chi connectivity index (χ3v) is 8.53. The maximum Gasteiger partial charge on any atom is 1.00 e. The quantitative estimate of drug-likeness (QED) is 0.400. The van der Waals surface area contributed by atoms with Gasteiger partial charge in [0.1, 0.15) is 5.82 Å². The van der Waals surface area contributed by atoms with Gasteiger partial charge >= 0.3 is 76.4 Å². The summed E-state index contributed by atoms with van der Waals surface area (Å²) in [6.45, 7) is 8.38. The van der Waals surface area contributed by atoms with Crippen LogP contribution in [0.5, 0.6) is 0 Å². The van der Waals surface area contributed by atoms with Gasteiger partial charge in [-0.3, -0.25) is 10.7 Å². The molecule has 2 aromatic rings. The van der Waals surface area contributed by atoms with Crippen LogP contribution in [0.2, 0.25) is 0 Å². The van der Waals surface area contributed by atoms with Crippen molar-refractivity contribution in [1.82, 2.24) is 14.5 Å². The maximum atomic E-state index is 13.4. The molecular formula is C27H32BCsN3O2. The second-order valence-electron chi connectivity index (χ2n) is 11.0. The maximum absolute atomic E-state index is 13.4. The van der Waals surface area contributed by atoms with E-state index in [1.54, 1.807) is 0 Å². The zero-order valence-electron chi connectivity index (χ0n) is 21.2. The van der Waals surface area contributed by atoms with E-state index in [2.05, 4.69) is 68.7 Å². The molecule has 1 aromatic heterocycles. The molecule has 0 N–H and O–H groups in total. The Morgan fingerprint density at radius 1 is 1.24 bits per heavy atom. The van der Waals surface area contributed by atoms with Gasteiger partial charge in [-0.05, 0) is 43.2 Å². The topological polar surface area (TPSA) is 47.4 Å². The Morgan fingerprint density at radius 2 is 2.00 bits per heavy atom. The molecule has 4 aliphatic rings. The number of fused-ring (bicyclic) bond motifs is 9. The minimum atomic E-state index is -0.308. The predicted octanol–water partition coefficient (Wildman–Crippen LogP) is 1.29. The summed E-state index contributed by atoms with van der Waals surface area (Å²) < 4.78 is 8.59. The van der Waals surface area contributed by atoms with Gasteiger partial charge in [0.15, 0.2) is 0 Å². The van der Waals surface area contributed by atoms with Crippen LogP contribution in [0, 0.1) is 23.7 Å². The minimum Gasteiger partial charge on any atom is -0.460 e. The summed E-state index contributed by atoms with van der Waals surface area (Å²) in [4.78, 5) is 20.4. The number of likely N-dealkylation sites (tertiary alicyclic amines) is 1. The number of imidazole rings is 1. The fourth-order valence-electron chi connectivity index (χ4n) is 5.88. The van der Waals surface area contributed by atoms with Crippen molar-refractivity contribution in [3.05, 3.63) is 53.7 Å². The minimum absolute atomic E-state index is 0. The summed E-state index contributed by atoms with van der Waals surface area (Å²) in [6, 6.07) is 6.66. The predicted molar refractivity (Wildman–Crippen MR) is 131 cm³/mol. The van der Waals surface area contributed by atoms with Crippen molar-refractivity contribution in [3.8, 4) is 0 Å². The van der Waals surface area contributed by atoms with E-state index in [4.69, 9.17) is 9.64 Å². The molecule has 1 saturated carbocycles. The van der Waals surface area contributed by atoms with Crippen LogP contribution >= 0.6 is 0 Å². The fraction of sp³-hybridized carbons (Fsp3) is 0.519. The number of carbonyl (C=O) groups is 1. The molecule has 2 bridgehead atoms. The molecule has 2 aliphatic heterocycles. The number of hydrogen-bond acceptors (Lipinski definition) is 3. The Balaban J connectivity index is 0.00000241. The molecule has 5 nitrogen and oxygen atoms in total. The number of carbonyl (C=O) groups excluding carboxylic acids is 1. The van der Waals surface area contributed by atoms with E-state index in [9.17, 15) is 4.79 Å².